The number of nitrogens with one attached hydrogen (secondary N) is 1. The van der Waals surface area contributed by atoms with E-state index in [2.05, 4.69) is 25.6 Å². The van der Waals surface area contributed by atoms with Crippen molar-refractivity contribution in [2.45, 2.75) is 57.9 Å². The van der Waals surface area contributed by atoms with Crippen molar-refractivity contribution >= 4 is 33.3 Å². The molecule has 0 spiro atoms. The van der Waals surface area contributed by atoms with E-state index in [1.165, 1.54) is 23.0 Å². The van der Waals surface area contributed by atoms with E-state index >= 15 is 0 Å². The van der Waals surface area contributed by atoms with E-state index in [4.69, 9.17) is 4.74 Å². The van der Waals surface area contributed by atoms with E-state index in [1.807, 2.05) is 20.8 Å². The van der Waals surface area contributed by atoms with Gasteiger partial charge in [-0.2, -0.15) is 0 Å². The summed E-state index contributed by atoms with van der Waals surface area (Å²) in [5, 5.41) is 0. The summed E-state index contributed by atoms with van der Waals surface area (Å²) in [6.45, 7) is 7.28. The van der Waals surface area contributed by atoms with Crippen LogP contribution in [-0.2, 0) is 33.9 Å². The third kappa shape index (κ3) is 7.41. The standard InChI is InChI=1S/C21H27BrFN3O4S/c1-5-30-18(27)12-26-13-24-17(19(22)20(26)28)11-10-16(25-31(29)21(2,3)4)14-6-8-15(23)9-7-14/h6-9,13,16,25H,5,10-12H2,1-4H3/t16-,31?/m0/s1. The van der Waals surface area contributed by atoms with Gasteiger partial charge in [0.05, 0.1) is 24.7 Å². The molecule has 0 aliphatic carbocycles. The maximum atomic E-state index is 13.4. The first kappa shape index (κ1) is 25.5. The van der Waals surface area contributed by atoms with Gasteiger partial charge in [0.25, 0.3) is 5.56 Å². The number of ether oxygens (including phenoxy) is 1. The SMILES string of the molecule is CCOC(=O)Cn1cnc(CC[C@H](N[S+]([O-])C(C)(C)C)c2ccc(F)cc2)c(Br)c1=O. The minimum Gasteiger partial charge on any atom is -0.598 e. The Bertz CT molecular complexity index is 947. The number of hydrogen-bond acceptors (Lipinski definition) is 6. The molecule has 2 aromatic rings. The van der Waals surface area contributed by atoms with Crippen LogP contribution >= 0.6 is 15.9 Å². The number of nitrogens with zero attached hydrogens (tertiary/aromatic N) is 2. The second kappa shape index (κ2) is 11.2. The van der Waals surface area contributed by atoms with E-state index in [0.717, 1.165) is 5.56 Å². The zero-order valence-electron chi connectivity index (χ0n) is 18.0. The molecule has 0 aliphatic heterocycles. The van der Waals surface area contributed by atoms with Crippen molar-refractivity contribution in [3.63, 3.8) is 0 Å². The summed E-state index contributed by atoms with van der Waals surface area (Å²) in [5.74, 6) is -0.870. The van der Waals surface area contributed by atoms with E-state index < -0.39 is 22.1 Å². The average Bonchev–Trinajstić information content (AvgIpc) is 2.70. The highest BCUT2D eigenvalue weighted by Gasteiger charge is 2.30. The van der Waals surface area contributed by atoms with Crippen molar-refractivity contribution in [1.82, 2.24) is 14.3 Å². The summed E-state index contributed by atoms with van der Waals surface area (Å²) < 4.78 is 34.9. The molecule has 170 valence electrons. The van der Waals surface area contributed by atoms with Crippen molar-refractivity contribution < 1.29 is 18.5 Å². The lowest BCUT2D eigenvalue weighted by Gasteiger charge is -2.28. The van der Waals surface area contributed by atoms with Gasteiger partial charge in [-0.05, 0) is 74.2 Å². The number of aromatic nitrogens is 2. The highest BCUT2D eigenvalue weighted by molar-refractivity contribution is 9.10. The largest absolute Gasteiger partial charge is 0.598 e. The molecule has 0 bridgehead atoms. The van der Waals surface area contributed by atoms with E-state index in [1.54, 1.807) is 19.1 Å². The van der Waals surface area contributed by atoms with Crippen molar-refractivity contribution in [3.05, 3.63) is 62.5 Å². The Morgan fingerprint density at radius 3 is 2.58 bits per heavy atom. The van der Waals surface area contributed by atoms with Crippen LogP contribution in [0.4, 0.5) is 4.39 Å². The quantitative estimate of drug-likeness (QED) is 0.405. The summed E-state index contributed by atoms with van der Waals surface area (Å²) in [6.07, 6.45) is 2.18. The molecular weight excluding hydrogens is 489 g/mol. The van der Waals surface area contributed by atoms with Crippen LogP contribution in [0.2, 0.25) is 0 Å². The smallest absolute Gasteiger partial charge is 0.326 e. The number of halogens is 2. The lowest BCUT2D eigenvalue weighted by Crippen LogP contribution is -2.41. The Hall–Kier alpha value is -1.75. The van der Waals surface area contributed by atoms with Crippen molar-refractivity contribution in [2.24, 2.45) is 0 Å². The van der Waals surface area contributed by atoms with Gasteiger partial charge in [0.1, 0.15) is 21.6 Å². The highest BCUT2D eigenvalue weighted by Crippen LogP contribution is 2.25. The Morgan fingerprint density at radius 1 is 1.35 bits per heavy atom. The monoisotopic (exact) mass is 515 g/mol. The van der Waals surface area contributed by atoms with Gasteiger partial charge < -0.3 is 9.29 Å². The predicted octanol–water partition coefficient (Wildman–Crippen LogP) is 3.43. The van der Waals surface area contributed by atoms with Crippen LogP contribution in [0.3, 0.4) is 0 Å². The van der Waals surface area contributed by atoms with Gasteiger partial charge in [0.2, 0.25) is 0 Å². The van der Waals surface area contributed by atoms with Crippen molar-refractivity contribution in [3.8, 4) is 0 Å². The zero-order valence-corrected chi connectivity index (χ0v) is 20.4. The molecule has 0 saturated heterocycles. The predicted molar refractivity (Wildman–Crippen MR) is 121 cm³/mol. The van der Waals surface area contributed by atoms with Crippen LogP contribution < -0.4 is 10.3 Å². The molecule has 1 unspecified atom stereocenters. The van der Waals surface area contributed by atoms with Crippen LogP contribution in [0.15, 0.2) is 39.9 Å². The molecule has 1 N–H and O–H groups in total. The molecule has 1 aromatic heterocycles. The minimum absolute atomic E-state index is 0.219. The summed E-state index contributed by atoms with van der Waals surface area (Å²) in [4.78, 5) is 28.5. The summed E-state index contributed by atoms with van der Waals surface area (Å²) in [7, 11) is 0. The van der Waals surface area contributed by atoms with Crippen LogP contribution in [0.1, 0.15) is 51.4 Å². The lowest BCUT2D eigenvalue weighted by molar-refractivity contribution is -0.143. The van der Waals surface area contributed by atoms with E-state index in [0.29, 0.717) is 18.5 Å². The fourth-order valence-corrected chi connectivity index (χ4v) is 4.10. The third-order valence-electron chi connectivity index (χ3n) is 4.41. The fraction of sp³-hybridized carbons (Fsp3) is 0.476. The fourth-order valence-electron chi connectivity index (χ4n) is 2.71. The second-order valence-electron chi connectivity index (χ2n) is 7.89. The molecule has 1 aromatic carbocycles. The number of benzene rings is 1. The number of hydrogen-bond donors (Lipinski definition) is 1. The normalized spacial score (nSPS) is 13.6. The molecular formula is C21H27BrFN3O4S. The van der Waals surface area contributed by atoms with Gasteiger partial charge in [0, 0.05) is 11.4 Å². The van der Waals surface area contributed by atoms with Gasteiger partial charge in [-0.25, -0.2) is 9.37 Å². The van der Waals surface area contributed by atoms with Crippen LogP contribution in [0, 0.1) is 5.82 Å². The molecule has 0 amide bonds. The van der Waals surface area contributed by atoms with Crippen molar-refractivity contribution in [1.29, 1.82) is 0 Å². The number of carbonyl (C=O) groups excluding carboxylic acids is 1. The Morgan fingerprint density at radius 2 is 2.00 bits per heavy atom. The first-order chi connectivity index (χ1) is 14.5. The van der Waals surface area contributed by atoms with Crippen LogP contribution in [0.25, 0.3) is 0 Å². The first-order valence-electron chi connectivity index (χ1n) is 9.85. The molecule has 0 fully saturated rings. The molecule has 0 radical (unpaired) electrons. The lowest BCUT2D eigenvalue weighted by atomic mass is 10.0. The van der Waals surface area contributed by atoms with Gasteiger partial charge >= 0.3 is 5.97 Å². The number of rotatable bonds is 9. The average molecular weight is 516 g/mol. The van der Waals surface area contributed by atoms with E-state index in [9.17, 15) is 18.5 Å². The molecule has 1 heterocycles. The molecule has 0 saturated carbocycles. The molecule has 10 heteroatoms. The molecule has 7 nitrogen and oxygen atoms in total. The Labute approximate surface area is 192 Å². The maximum Gasteiger partial charge on any atom is 0.326 e. The molecule has 2 rings (SSSR count). The third-order valence-corrected chi connectivity index (χ3v) is 6.82. The highest BCUT2D eigenvalue weighted by atomic mass is 79.9. The summed E-state index contributed by atoms with van der Waals surface area (Å²) >= 11 is 1.93. The maximum absolute atomic E-state index is 13.4. The van der Waals surface area contributed by atoms with Crippen LogP contribution in [-0.4, -0.2) is 31.4 Å². The van der Waals surface area contributed by atoms with Gasteiger partial charge in [-0.1, -0.05) is 12.1 Å². The van der Waals surface area contributed by atoms with Gasteiger partial charge in [-0.3, -0.25) is 14.2 Å². The number of carbonyl (C=O) groups is 1. The Kier molecular flexibility index (Phi) is 9.23. The number of esters is 1. The van der Waals surface area contributed by atoms with Crippen molar-refractivity contribution in [2.75, 3.05) is 6.61 Å². The van der Waals surface area contributed by atoms with Crippen LogP contribution in [0.5, 0.6) is 0 Å². The minimum atomic E-state index is -1.35. The molecule has 31 heavy (non-hydrogen) atoms. The van der Waals surface area contributed by atoms with Gasteiger partial charge in [-0.15, -0.1) is 4.72 Å². The molecule has 2 atom stereocenters. The first-order valence-corrected chi connectivity index (χ1v) is 11.8. The number of aryl methyl sites for hydroxylation is 1. The topological polar surface area (TPSA) is 96.3 Å². The van der Waals surface area contributed by atoms with E-state index in [-0.39, 0.29) is 35.0 Å². The zero-order chi connectivity index (χ0) is 23.2. The molecule has 0 aliphatic rings. The summed E-state index contributed by atoms with van der Waals surface area (Å²) in [5.41, 5.74) is 0.911. The van der Waals surface area contributed by atoms with Gasteiger partial charge in [0.15, 0.2) is 0 Å². The summed E-state index contributed by atoms with van der Waals surface area (Å²) in [6, 6.07) is 5.67. The second-order valence-corrected chi connectivity index (χ2v) is 10.7. The Balaban J connectivity index is 2.20.